The SMILES string of the molecule is CSC1CCN(C(=O)OC(C)(C)C)C1. The molecule has 0 radical (unpaired) electrons. The van der Waals surface area contributed by atoms with E-state index in [1.54, 1.807) is 4.90 Å². The van der Waals surface area contributed by atoms with Gasteiger partial charge < -0.3 is 9.64 Å². The molecule has 1 fully saturated rings. The second-order valence-electron chi connectivity index (χ2n) is 4.57. The van der Waals surface area contributed by atoms with E-state index in [0.29, 0.717) is 5.25 Å². The summed E-state index contributed by atoms with van der Waals surface area (Å²) in [6.45, 7) is 7.35. The van der Waals surface area contributed by atoms with Gasteiger partial charge in [0.05, 0.1) is 0 Å². The summed E-state index contributed by atoms with van der Waals surface area (Å²) in [4.78, 5) is 13.4. The molecule has 0 bridgehead atoms. The third-order valence-electron chi connectivity index (χ3n) is 2.13. The number of rotatable bonds is 1. The van der Waals surface area contributed by atoms with Crippen LogP contribution in [0, 0.1) is 0 Å². The van der Waals surface area contributed by atoms with Gasteiger partial charge in [0.15, 0.2) is 0 Å². The van der Waals surface area contributed by atoms with Gasteiger partial charge in [-0.3, -0.25) is 0 Å². The number of hydrogen-bond acceptors (Lipinski definition) is 3. The van der Waals surface area contributed by atoms with E-state index in [2.05, 4.69) is 6.26 Å². The van der Waals surface area contributed by atoms with Crippen LogP contribution in [0.25, 0.3) is 0 Å². The van der Waals surface area contributed by atoms with Gasteiger partial charge in [-0.2, -0.15) is 11.8 Å². The Morgan fingerprint density at radius 2 is 2.14 bits per heavy atom. The van der Waals surface area contributed by atoms with Crippen molar-refractivity contribution in [3.63, 3.8) is 0 Å². The van der Waals surface area contributed by atoms with Gasteiger partial charge in [-0.15, -0.1) is 0 Å². The smallest absolute Gasteiger partial charge is 0.410 e. The van der Waals surface area contributed by atoms with Crippen LogP contribution in [0.4, 0.5) is 4.79 Å². The standard InChI is InChI=1S/C10H19NO2S/c1-10(2,3)13-9(12)11-6-5-8(7-11)14-4/h8H,5-7H2,1-4H3. The van der Waals surface area contributed by atoms with Gasteiger partial charge >= 0.3 is 6.09 Å². The Labute approximate surface area is 90.2 Å². The van der Waals surface area contributed by atoms with Crippen molar-refractivity contribution in [2.75, 3.05) is 19.3 Å². The lowest BCUT2D eigenvalue weighted by atomic mass is 10.2. The van der Waals surface area contributed by atoms with E-state index in [9.17, 15) is 4.79 Å². The summed E-state index contributed by atoms with van der Waals surface area (Å²) in [5.74, 6) is 0. The fraction of sp³-hybridized carbons (Fsp3) is 0.900. The zero-order valence-electron chi connectivity index (χ0n) is 9.37. The summed E-state index contributed by atoms with van der Waals surface area (Å²) in [6.07, 6.45) is 3.00. The molecule has 4 heteroatoms. The van der Waals surface area contributed by atoms with Crippen LogP contribution in [0.5, 0.6) is 0 Å². The van der Waals surface area contributed by atoms with E-state index in [4.69, 9.17) is 4.74 Å². The Morgan fingerprint density at radius 3 is 2.57 bits per heavy atom. The summed E-state index contributed by atoms with van der Waals surface area (Å²) < 4.78 is 5.29. The second kappa shape index (κ2) is 4.43. The largest absolute Gasteiger partial charge is 0.444 e. The monoisotopic (exact) mass is 217 g/mol. The number of amides is 1. The average Bonchev–Trinajstić information content (AvgIpc) is 2.48. The van der Waals surface area contributed by atoms with E-state index in [-0.39, 0.29) is 11.7 Å². The molecule has 0 aromatic rings. The fourth-order valence-electron chi connectivity index (χ4n) is 1.41. The van der Waals surface area contributed by atoms with Crippen molar-refractivity contribution in [1.29, 1.82) is 0 Å². The minimum Gasteiger partial charge on any atom is -0.444 e. The van der Waals surface area contributed by atoms with Crippen molar-refractivity contribution in [1.82, 2.24) is 4.90 Å². The summed E-state index contributed by atoms with van der Waals surface area (Å²) in [6, 6.07) is 0. The van der Waals surface area contributed by atoms with Gasteiger partial charge in [-0.1, -0.05) is 0 Å². The van der Waals surface area contributed by atoms with Gasteiger partial charge in [0.25, 0.3) is 0 Å². The van der Waals surface area contributed by atoms with Crippen molar-refractivity contribution in [3.05, 3.63) is 0 Å². The quantitative estimate of drug-likeness (QED) is 0.675. The first-order valence-corrected chi connectivity index (χ1v) is 6.22. The molecule has 14 heavy (non-hydrogen) atoms. The molecule has 1 saturated heterocycles. The van der Waals surface area contributed by atoms with Crippen LogP contribution < -0.4 is 0 Å². The number of nitrogens with zero attached hydrogens (tertiary/aromatic N) is 1. The first-order chi connectivity index (χ1) is 6.42. The molecule has 1 rings (SSSR count). The molecule has 1 heterocycles. The van der Waals surface area contributed by atoms with Crippen LogP contribution in [-0.2, 0) is 4.74 Å². The van der Waals surface area contributed by atoms with Gasteiger partial charge in [-0.05, 0) is 33.4 Å². The van der Waals surface area contributed by atoms with Crippen LogP contribution in [-0.4, -0.2) is 41.2 Å². The molecule has 3 nitrogen and oxygen atoms in total. The van der Waals surface area contributed by atoms with Crippen LogP contribution in [0.1, 0.15) is 27.2 Å². The summed E-state index contributed by atoms with van der Waals surface area (Å²) in [7, 11) is 0. The number of carbonyl (C=O) groups is 1. The minimum absolute atomic E-state index is 0.172. The van der Waals surface area contributed by atoms with Crippen molar-refractivity contribution in [2.45, 2.75) is 38.0 Å². The van der Waals surface area contributed by atoms with Gasteiger partial charge in [0, 0.05) is 18.3 Å². The molecule has 0 aromatic heterocycles. The molecule has 0 N–H and O–H groups in total. The Hall–Kier alpha value is -0.380. The van der Waals surface area contributed by atoms with Crippen LogP contribution in [0.3, 0.4) is 0 Å². The van der Waals surface area contributed by atoms with E-state index in [0.717, 1.165) is 19.5 Å². The van der Waals surface area contributed by atoms with E-state index >= 15 is 0 Å². The van der Waals surface area contributed by atoms with Crippen LogP contribution in [0.2, 0.25) is 0 Å². The molecule has 1 unspecified atom stereocenters. The Bertz CT molecular complexity index is 213. The lowest BCUT2D eigenvalue weighted by Gasteiger charge is -2.24. The molecular weight excluding hydrogens is 198 g/mol. The summed E-state index contributed by atoms with van der Waals surface area (Å²) >= 11 is 1.82. The number of thioether (sulfide) groups is 1. The molecule has 0 aliphatic carbocycles. The van der Waals surface area contributed by atoms with Crippen molar-refractivity contribution in [3.8, 4) is 0 Å². The van der Waals surface area contributed by atoms with Crippen molar-refractivity contribution >= 4 is 17.9 Å². The highest BCUT2D eigenvalue weighted by Gasteiger charge is 2.28. The highest BCUT2D eigenvalue weighted by Crippen LogP contribution is 2.21. The summed E-state index contributed by atoms with van der Waals surface area (Å²) in [5.41, 5.74) is -0.380. The highest BCUT2D eigenvalue weighted by atomic mass is 32.2. The first-order valence-electron chi connectivity index (χ1n) is 4.93. The Morgan fingerprint density at radius 1 is 1.50 bits per heavy atom. The predicted octanol–water partition coefficient (Wildman–Crippen LogP) is 2.36. The first kappa shape index (κ1) is 11.7. The van der Waals surface area contributed by atoms with Crippen molar-refractivity contribution in [2.24, 2.45) is 0 Å². The third kappa shape index (κ3) is 3.40. The Kier molecular flexibility index (Phi) is 3.70. The van der Waals surface area contributed by atoms with E-state index in [1.165, 1.54) is 0 Å². The van der Waals surface area contributed by atoms with Crippen molar-refractivity contribution < 1.29 is 9.53 Å². The number of hydrogen-bond donors (Lipinski definition) is 0. The number of carbonyl (C=O) groups excluding carboxylic acids is 1. The molecule has 0 spiro atoms. The zero-order chi connectivity index (χ0) is 10.8. The topological polar surface area (TPSA) is 29.5 Å². The number of ether oxygens (including phenoxy) is 1. The second-order valence-corrected chi connectivity index (χ2v) is 5.71. The maximum absolute atomic E-state index is 11.6. The number of likely N-dealkylation sites (tertiary alicyclic amines) is 1. The predicted molar refractivity (Wildman–Crippen MR) is 59.7 cm³/mol. The average molecular weight is 217 g/mol. The normalized spacial score (nSPS) is 22.6. The van der Waals surface area contributed by atoms with Gasteiger partial charge in [0.1, 0.15) is 5.60 Å². The molecule has 0 aromatic carbocycles. The van der Waals surface area contributed by atoms with E-state index in [1.807, 2.05) is 32.5 Å². The zero-order valence-corrected chi connectivity index (χ0v) is 10.2. The summed E-state index contributed by atoms with van der Waals surface area (Å²) in [5, 5.41) is 0.586. The molecule has 0 saturated carbocycles. The van der Waals surface area contributed by atoms with Gasteiger partial charge in [-0.25, -0.2) is 4.79 Å². The molecule has 1 amide bonds. The molecular formula is C10H19NO2S. The van der Waals surface area contributed by atoms with E-state index < -0.39 is 0 Å². The molecule has 1 aliphatic heterocycles. The minimum atomic E-state index is -0.380. The maximum atomic E-state index is 11.6. The molecule has 1 aliphatic rings. The van der Waals surface area contributed by atoms with Crippen LogP contribution in [0.15, 0.2) is 0 Å². The highest BCUT2D eigenvalue weighted by molar-refractivity contribution is 7.99. The van der Waals surface area contributed by atoms with Crippen LogP contribution >= 0.6 is 11.8 Å². The molecule has 1 atom stereocenters. The van der Waals surface area contributed by atoms with Gasteiger partial charge in [0.2, 0.25) is 0 Å². The Balaban J connectivity index is 2.40. The maximum Gasteiger partial charge on any atom is 0.410 e. The third-order valence-corrected chi connectivity index (χ3v) is 3.18. The lowest BCUT2D eigenvalue weighted by molar-refractivity contribution is 0.0295. The molecule has 82 valence electrons. The fourth-order valence-corrected chi connectivity index (χ4v) is 2.08. The lowest BCUT2D eigenvalue weighted by Crippen LogP contribution is -2.35.